The van der Waals surface area contributed by atoms with Gasteiger partial charge in [-0.05, 0) is 35.9 Å². The van der Waals surface area contributed by atoms with Crippen molar-refractivity contribution in [3.05, 3.63) is 63.5 Å². The number of anilines is 2. The standard InChI is InChI=1S/C21H21ClN2O4/c1-26-16-3-4-17-14(10-21(25)28-20(17)12-16)13-23-18-11-15(22)2-5-19(18)24-6-8-27-9-7-24/h2-5,10-12,23H,6-9,13H2,1H3. The molecule has 2 heterocycles. The quantitative estimate of drug-likeness (QED) is 0.655. The fourth-order valence-corrected chi connectivity index (χ4v) is 3.58. The number of fused-ring (bicyclic) bond motifs is 1. The molecule has 1 saturated heterocycles. The van der Waals surface area contributed by atoms with E-state index in [-0.39, 0.29) is 0 Å². The van der Waals surface area contributed by atoms with Gasteiger partial charge in [0.15, 0.2) is 0 Å². The number of nitrogens with one attached hydrogen (secondary N) is 1. The average molecular weight is 401 g/mol. The number of rotatable bonds is 5. The summed E-state index contributed by atoms with van der Waals surface area (Å²) in [5.41, 5.74) is 2.95. The molecule has 0 unspecified atom stereocenters. The molecule has 1 aliphatic rings. The maximum atomic E-state index is 12.0. The van der Waals surface area contributed by atoms with Crippen LogP contribution in [0.4, 0.5) is 11.4 Å². The molecule has 6 nitrogen and oxygen atoms in total. The van der Waals surface area contributed by atoms with Gasteiger partial charge in [0, 0.05) is 42.2 Å². The average Bonchev–Trinajstić information content (AvgIpc) is 2.72. The SMILES string of the molecule is COc1ccc2c(CNc3cc(Cl)ccc3N3CCOCC3)cc(=O)oc2c1. The first-order valence-corrected chi connectivity index (χ1v) is 9.49. The van der Waals surface area contributed by atoms with Crippen LogP contribution >= 0.6 is 11.6 Å². The second-order valence-corrected chi connectivity index (χ2v) is 7.00. The molecule has 2 aromatic carbocycles. The Balaban J connectivity index is 1.64. The van der Waals surface area contributed by atoms with Gasteiger partial charge >= 0.3 is 5.63 Å². The number of halogens is 1. The van der Waals surface area contributed by atoms with E-state index in [0.29, 0.717) is 36.1 Å². The minimum atomic E-state index is -0.392. The number of methoxy groups -OCH3 is 1. The highest BCUT2D eigenvalue weighted by Crippen LogP contribution is 2.31. The summed E-state index contributed by atoms with van der Waals surface area (Å²) in [7, 11) is 1.58. The first-order valence-electron chi connectivity index (χ1n) is 9.11. The Hall–Kier alpha value is -2.70. The predicted octanol–water partition coefficient (Wildman–Crippen LogP) is 3.90. The summed E-state index contributed by atoms with van der Waals surface area (Å²) < 4.78 is 16.0. The van der Waals surface area contributed by atoms with E-state index in [1.54, 1.807) is 13.2 Å². The van der Waals surface area contributed by atoms with Crippen LogP contribution in [0.2, 0.25) is 5.02 Å². The number of benzene rings is 2. The smallest absolute Gasteiger partial charge is 0.336 e. The lowest BCUT2D eigenvalue weighted by Gasteiger charge is -2.31. The molecule has 0 saturated carbocycles. The van der Waals surface area contributed by atoms with E-state index >= 15 is 0 Å². The van der Waals surface area contributed by atoms with E-state index in [1.165, 1.54) is 6.07 Å². The molecule has 0 atom stereocenters. The van der Waals surface area contributed by atoms with Gasteiger partial charge in [0.25, 0.3) is 0 Å². The monoisotopic (exact) mass is 400 g/mol. The summed E-state index contributed by atoms with van der Waals surface area (Å²) in [5, 5.41) is 4.95. The number of morpholine rings is 1. The van der Waals surface area contributed by atoms with Crippen LogP contribution in [0.15, 0.2) is 51.7 Å². The molecule has 146 valence electrons. The molecule has 4 rings (SSSR count). The molecule has 1 N–H and O–H groups in total. The number of nitrogens with zero attached hydrogens (tertiary/aromatic N) is 1. The Morgan fingerprint density at radius 3 is 2.75 bits per heavy atom. The van der Waals surface area contributed by atoms with Crippen LogP contribution in [-0.2, 0) is 11.3 Å². The fourth-order valence-electron chi connectivity index (χ4n) is 3.40. The van der Waals surface area contributed by atoms with Gasteiger partial charge in [-0.2, -0.15) is 0 Å². The Bertz CT molecular complexity index is 1040. The van der Waals surface area contributed by atoms with Gasteiger partial charge < -0.3 is 24.1 Å². The van der Waals surface area contributed by atoms with E-state index in [4.69, 9.17) is 25.5 Å². The van der Waals surface area contributed by atoms with Crippen molar-refractivity contribution in [2.24, 2.45) is 0 Å². The van der Waals surface area contributed by atoms with Gasteiger partial charge in [0.1, 0.15) is 11.3 Å². The van der Waals surface area contributed by atoms with Crippen molar-refractivity contribution in [2.75, 3.05) is 43.6 Å². The van der Waals surface area contributed by atoms with Gasteiger partial charge in [-0.25, -0.2) is 4.79 Å². The summed E-state index contributed by atoms with van der Waals surface area (Å²) in [4.78, 5) is 14.3. The van der Waals surface area contributed by atoms with Crippen molar-refractivity contribution in [3.63, 3.8) is 0 Å². The highest BCUT2D eigenvalue weighted by Gasteiger charge is 2.16. The number of hydrogen-bond acceptors (Lipinski definition) is 6. The molecule has 0 aliphatic carbocycles. The number of hydrogen-bond donors (Lipinski definition) is 1. The van der Waals surface area contributed by atoms with Crippen LogP contribution in [0, 0.1) is 0 Å². The van der Waals surface area contributed by atoms with Gasteiger partial charge in [-0.3, -0.25) is 0 Å². The van der Waals surface area contributed by atoms with Crippen molar-refractivity contribution in [3.8, 4) is 5.75 Å². The lowest BCUT2D eigenvalue weighted by atomic mass is 10.1. The molecule has 1 fully saturated rings. The largest absolute Gasteiger partial charge is 0.497 e. The third-order valence-corrected chi connectivity index (χ3v) is 5.05. The predicted molar refractivity (Wildman–Crippen MR) is 111 cm³/mol. The maximum Gasteiger partial charge on any atom is 0.336 e. The third kappa shape index (κ3) is 3.93. The lowest BCUT2D eigenvalue weighted by molar-refractivity contribution is 0.123. The molecule has 7 heteroatoms. The summed E-state index contributed by atoms with van der Waals surface area (Å²) in [6.07, 6.45) is 0. The van der Waals surface area contributed by atoms with E-state index in [1.807, 2.05) is 30.3 Å². The first kappa shape index (κ1) is 18.7. The molecule has 0 spiro atoms. The van der Waals surface area contributed by atoms with Crippen LogP contribution < -0.4 is 20.6 Å². The maximum absolute atomic E-state index is 12.0. The molecular weight excluding hydrogens is 380 g/mol. The van der Waals surface area contributed by atoms with Crippen LogP contribution in [0.5, 0.6) is 5.75 Å². The molecule has 1 aliphatic heterocycles. The highest BCUT2D eigenvalue weighted by atomic mass is 35.5. The molecule has 0 bridgehead atoms. The Morgan fingerprint density at radius 1 is 1.14 bits per heavy atom. The Labute approximate surface area is 167 Å². The zero-order chi connectivity index (χ0) is 19.5. The summed E-state index contributed by atoms with van der Waals surface area (Å²) in [6.45, 7) is 3.52. The van der Waals surface area contributed by atoms with Crippen LogP contribution in [-0.4, -0.2) is 33.4 Å². The zero-order valence-electron chi connectivity index (χ0n) is 15.5. The second-order valence-electron chi connectivity index (χ2n) is 6.57. The van der Waals surface area contributed by atoms with Gasteiger partial charge in [0.2, 0.25) is 0 Å². The summed E-state index contributed by atoms with van der Waals surface area (Å²) in [6, 6.07) is 12.8. The second kappa shape index (κ2) is 8.12. The Morgan fingerprint density at radius 2 is 1.96 bits per heavy atom. The van der Waals surface area contributed by atoms with E-state index in [9.17, 15) is 4.79 Å². The molecule has 0 amide bonds. The minimum absolute atomic E-state index is 0.392. The third-order valence-electron chi connectivity index (χ3n) is 4.82. The van der Waals surface area contributed by atoms with Gasteiger partial charge in [-0.1, -0.05) is 11.6 Å². The number of ether oxygens (including phenoxy) is 2. The van der Waals surface area contributed by atoms with Crippen molar-refractivity contribution >= 4 is 33.9 Å². The van der Waals surface area contributed by atoms with Gasteiger partial charge in [-0.15, -0.1) is 0 Å². The van der Waals surface area contributed by atoms with E-state index in [0.717, 1.165) is 35.4 Å². The molecule has 0 radical (unpaired) electrons. The molecule has 1 aromatic heterocycles. The van der Waals surface area contributed by atoms with Gasteiger partial charge in [0.05, 0.1) is 31.7 Å². The van der Waals surface area contributed by atoms with Crippen molar-refractivity contribution in [2.45, 2.75) is 6.54 Å². The molecular formula is C21H21ClN2O4. The fraction of sp³-hybridized carbons (Fsp3) is 0.286. The minimum Gasteiger partial charge on any atom is -0.497 e. The molecule has 28 heavy (non-hydrogen) atoms. The lowest BCUT2D eigenvalue weighted by Crippen LogP contribution is -2.36. The first-order chi connectivity index (χ1) is 13.6. The van der Waals surface area contributed by atoms with Crippen LogP contribution in [0.1, 0.15) is 5.56 Å². The summed E-state index contributed by atoms with van der Waals surface area (Å²) in [5.74, 6) is 0.644. The zero-order valence-corrected chi connectivity index (χ0v) is 16.3. The topological polar surface area (TPSA) is 63.9 Å². The van der Waals surface area contributed by atoms with Crippen LogP contribution in [0.3, 0.4) is 0 Å². The molecule has 3 aromatic rings. The normalized spacial score (nSPS) is 14.3. The highest BCUT2D eigenvalue weighted by molar-refractivity contribution is 6.31. The van der Waals surface area contributed by atoms with E-state index in [2.05, 4.69) is 10.2 Å². The van der Waals surface area contributed by atoms with Crippen LogP contribution in [0.25, 0.3) is 11.0 Å². The van der Waals surface area contributed by atoms with Crippen molar-refractivity contribution < 1.29 is 13.9 Å². The Kier molecular flexibility index (Phi) is 5.41. The van der Waals surface area contributed by atoms with Crippen molar-refractivity contribution in [1.82, 2.24) is 0 Å². The van der Waals surface area contributed by atoms with Crippen molar-refractivity contribution in [1.29, 1.82) is 0 Å². The summed E-state index contributed by atoms with van der Waals surface area (Å²) >= 11 is 6.23. The van der Waals surface area contributed by atoms with E-state index < -0.39 is 5.63 Å².